The van der Waals surface area contributed by atoms with Crippen LogP contribution in [0.5, 0.6) is 0 Å². The lowest BCUT2D eigenvalue weighted by Gasteiger charge is -2.28. The van der Waals surface area contributed by atoms with Crippen molar-refractivity contribution in [2.75, 3.05) is 4.90 Å². The van der Waals surface area contributed by atoms with Crippen molar-refractivity contribution < 1.29 is 0 Å². The van der Waals surface area contributed by atoms with E-state index >= 15 is 0 Å². The van der Waals surface area contributed by atoms with E-state index in [1.807, 2.05) is 22.7 Å². The summed E-state index contributed by atoms with van der Waals surface area (Å²) in [6, 6.07) is 69.5. The molecule has 11 rings (SSSR count). The molecule has 1 nitrogen and oxygen atoms in total. The van der Waals surface area contributed by atoms with Gasteiger partial charge in [-0.3, -0.25) is 0 Å². The second kappa shape index (κ2) is 12.7. The smallest absolute Gasteiger partial charge is 0.0540 e. The fourth-order valence-corrected chi connectivity index (χ4v) is 10.5. The van der Waals surface area contributed by atoms with Gasteiger partial charge in [-0.25, -0.2) is 0 Å². The summed E-state index contributed by atoms with van der Waals surface area (Å²) >= 11 is 3.73. The number of rotatable bonds is 6. The number of nitrogens with zero attached hydrogens (tertiary/aromatic N) is 1. The van der Waals surface area contributed by atoms with Crippen molar-refractivity contribution in [1.82, 2.24) is 0 Å². The molecule has 254 valence electrons. The third-order valence-electron chi connectivity index (χ3n) is 10.9. The molecule has 0 fully saturated rings. The normalized spacial score (nSPS) is 11.8. The maximum atomic E-state index is 2.46. The maximum absolute atomic E-state index is 2.46. The summed E-state index contributed by atoms with van der Waals surface area (Å²) in [6.07, 6.45) is 0.878. The van der Waals surface area contributed by atoms with Crippen molar-refractivity contribution in [3.63, 3.8) is 0 Å². The molecule has 11 aromatic rings. The molecule has 0 bridgehead atoms. The molecular weight excluding hydrogens is 691 g/mol. The van der Waals surface area contributed by atoms with Gasteiger partial charge >= 0.3 is 0 Å². The minimum absolute atomic E-state index is 0.878. The molecular formula is C51H33NS2. The lowest BCUT2D eigenvalue weighted by Crippen LogP contribution is -2.11. The van der Waals surface area contributed by atoms with Crippen molar-refractivity contribution in [2.24, 2.45) is 0 Å². The second-order valence-corrected chi connectivity index (χ2v) is 16.3. The van der Waals surface area contributed by atoms with Crippen LogP contribution in [0.3, 0.4) is 0 Å². The molecule has 0 radical (unpaired) electrons. The molecule has 0 aliphatic heterocycles. The van der Waals surface area contributed by atoms with Crippen molar-refractivity contribution in [3.05, 3.63) is 199 Å². The molecule has 0 amide bonds. The summed E-state index contributed by atoms with van der Waals surface area (Å²) < 4.78 is 5.25. The summed E-state index contributed by atoms with van der Waals surface area (Å²) in [5.74, 6) is 0. The lowest BCUT2D eigenvalue weighted by atomic mass is 9.93. The Labute approximate surface area is 321 Å². The Morgan fingerprint density at radius 2 is 0.889 bits per heavy atom. The minimum Gasteiger partial charge on any atom is -0.310 e. The van der Waals surface area contributed by atoms with Gasteiger partial charge in [0, 0.05) is 57.3 Å². The van der Waals surface area contributed by atoms with Gasteiger partial charge in [-0.2, -0.15) is 0 Å². The van der Waals surface area contributed by atoms with E-state index < -0.39 is 0 Å². The number of fused-ring (bicyclic) bond motifs is 9. The van der Waals surface area contributed by atoms with Crippen LogP contribution >= 0.6 is 22.7 Å². The molecule has 0 saturated heterocycles. The van der Waals surface area contributed by atoms with E-state index in [-0.39, 0.29) is 0 Å². The average molecular weight is 724 g/mol. The van der Waals surface area contributed by atoms with Gasteiger partial charge in [0.25, 0.3) is 0 Å². The highest BCUT2D eigenvalue weighted by atomic mass is 32.1. The summed E-state index contributed by atoms with van der Waals surface area (Å²) in [6.45, 7) is 0. The first kappa shape index (κ1) is 31.3. The third-order valence-corrected chi connectivity index (χ3v) is 13.2. The van der Waals surface area contributed by atoms with Gasteiger partial charge in [-0.05, 0) is 99.3 Å². The van der Waals surface area contributed by atoms with E-state index in [1.54, 1.807) is 0 Å². The highest BCUT2D eigenvalue weighted by Gasteiger charge is 2.20. The highest BCUT2D eigenvalue weighted by Crippen LogP contribution is 2.46. The van der Waals surface area contributed by atoms with Crippen molar-refractivity contribution >= 4 is 102 Å². The molecule has 54 heavy (non-hydrogen) atoms. The molecule has 2 aromatic heterocycles. The molecule has 0 aliphatic carbocycles. The molecule has 0 unspecified atom stereocenters. The number of para-hydroxylation sites is 1. The highest BCUT2D eigenvalue weighted by molar-refractivity contribution is 7.26. The quantitative estimate of drug-likeness (QED) is 0.154. The Hall–Kier alpha value is -6.26. The van der Waals surface area contributed by atoms with E-state index in [0.29, 0.717) is 0 Å². The summed E-state index contributed by atoms with van der Waals surface area (Å²) in [7, 11) is 0. The molecule has 0 spiro atoms. The van der Waals surface area contributed by atoms with Gasteiger partial charge in [0.1, 0.15) is 0 Å². The fraction of sp³-hybridized carbons (Fsp3) is 0.0196. The van der Waals surface area contributed by atoms with Crippen LogP contribution in [-0.4, -0.2) is 0 Å². The first-order valence-corrected chi connectivity index (χ1v) is 20.1. The van der Waals surface area contributed by atoms with Gasteiger partial charge in [-0.1, -0.05) is 133 Å². The van der Waals surface area contributed by atoms with Crippen LogP contribution in [0.15, 0.2) is 188 Å². The van der Waals surface area contributed by atoms with Gasteiger partial charge < -0.3 is 4.90 Å². The van der Waals surface area contributed by atoms with Crippen molar-refractivity contribution in [3.8, 4) is 11.1 Å². The van der Waals surface area contributed by atoms with Crippen LogP contribution in [0, 0.1) is 0 Å². The van der Waals surface area contributed by atoms with E-state index in [0.717, 1.165) is 23.5 Å². The van der Waals surface area contributed by atoms with Crippen LogP contribution in [0.2, 0.25) is 0 Å². The van der Waals surface area contributed by atoms with E-state index in [1.165, 1.54) is 84.1 Å². The number of benzene rings is 9. The molecule has 2 heterocycles. The molecule has 0 N–H and O–H groups in total. The van der Waals surface area contributed by atoms with Gasteiger partial charge in [0.2, 0.25) is 0 Å². The minimum atomic E-state index is 0.878. The van der Waals surface area contributed by atoms with Crippen LogP contribution < -0.4 is 4.90 Å². The molecule has 0 saturated carbocycles. The standard InChI is InChI=1S/C51H33NS2/c1-2-12-39-35(11-1)30-36(40-13-3-4-15-42(39)40)29-33-21-23-34(24-22-33)41-14-5-8-18-47(41)52(37-25-27-50-45(31-37)43-16-6-9-19-48(43)53-50)38-26-28-51-46(32-38)44-17-7-10-20-49(44)54-51/h1-28,30-32H,29H2. The average Bonchev–Trinajstić information content (AvgIpc) is 3.79. The number of hydrogen-bond donors (Lipinski definition) is 0. The summed E-state index contributed by atoms with van der Waals surface area (Å²) in [5, 5.41) is 10.4. The molecule has 0 aliphatic rings. The predicted octanol–water partition coefficient (Wildman–Crippen LogP) is 15.5. The summed E-state index contributed by atoms with van der Waals surface area (Å²) in [4.78, 5) is 2.46. The zero-order chi connectivity index (χ0) is 35.6. The first-order valence-electron chi connectivity index (χ1n) is 18.5. The van der Waals surface area contributed by atoms with Crippen LogP contribution in [0.1, 0.15) is 11.1 Å². The van der Waals surface area contributed by atoms with E-state index in [2.05, 4.69) is 193 Å². The Balaban J connectivity index is 1.04. The molecule has 3 heteroatoms. The van der Waals surface area contributed by atoms with Gasteiger partial charge in [-0.15, -0.1) is 22.7 Å². The van der Waals surface area contributed by atoms with E-state index in [9.17, 15) is 0 Å². The Bertz CT molecular complexity index is 3090. The molecule has 0 atom stereocenters. The Kier molecular flexibility index (Phi) is 7.36. The number of anilines is 3. The first-order chi connectivity index (χ1) is 26.7. The zero-order valence-electron chi connectivity index (χ0n) is 29.4. The zero-order valence-corrected chi connectivity index (χ0v) is 31.0. The second-order valence-electron chi connectivity index (χ2n) is 14.1. The molecule has 9 aromatic carbocycles. The predicted molar refractivity (Wildman–Crippen MR) is 237 cm³/mol. The van der Waals surface area contributed by atoms with Crippen LogP contribution in [0.4, 0.5) is 17.1 Å². The SMILES string of the molecule is c1ccc(N(c2ccc3sc4ccccc4c3c2)c2ccc3sc4ccccc4c3c2)c(-c2ccc(Cc3cc4ccccc4c4ccccc34)cc2)c1. The van der Waals surface area contributed by atoms with Crippen LogP contribution in [0.25, 0.3) is 73.0 Å². The van der Waals surface area contributed by atoms with Crippen molar-refractivity contribution in [1.29, 1.82) is 0 Å². The van der Waals surface area contributed by atoms with Gasteiger partial charge in [0.05, 0.1) is 5.69 Å². The Morgan fingerprint density at radius 1 is 0.370 bits per heavy atom. The van der Waals surface area contributed by atoms with Crippen LogP contribution in [-0.2, 0) is 6.42 Å². The van der Waals surface area contributed by atoms with Gasteiger partial charge in [0.15, 0.2) is 0 Å². The number of thiophene rings is 2. The number of hydrogen-bond acceptors (Lipinski definition) is 3. The third kappa shape index (κ3) is 5.20. The summed E-state index contributed by atoms with van der Waals surface area (Å²) in [5.41, 5.74) is 8.52. The Morgan fingerprint density at radius 3 is 1.56 bits per heavy atom. The largest absolute Gasteiger partial charge is 0.310 e. The maximum Gasteiger partial charge on any atom is 0.0540 e. The van der Waals surface area contributed by atoms with Crippen molar-refractivity contribution in [2.45, 2.75) is 6.42 Å². The monoisotopic (exact) mass is 723 g/mol. The lowest BCUT2D eigenvalue weighted by molar-refractivity contribution is 1.22. The van der Waals surface area contributed by atoms with E-state index in [4.69, 9.17) is 0 Å². The topological polar surface area (TPSA) is 3.24 Å². The fourth-order valence-electron chi connectivity index (χ4n) is 8.35.